The minimum Gasteiger partial charge on any atom is -0.493 e. The molecule has 0 atom stereocenters. The topological polar surface area (TPSA) is 60.5 Å². The number of anilines is 1. The number of amides is 1. The van der Waals surface area contributed by atoms with Crippen molar-refractivity contribution in [2.45, 2.75) is 6.42 Å². The summed E-state index contributed by atoms with van der Waals surface area (Å²) in [5.41, 5.74) is 1.73. The molecule has 27 heavy (non-hydrogen) atoms. The highest BCUT2D eigenvalue weighted by atomic mass is 32.1. The number of hydrogen-bond donors (Lipinski definition) is 1. The predicted octanol–water partition coefficient (Wildman–Crippen LogP) is 4.65. The second-order valence-electron chi connectivity index (χ2n) is 6.10. The van der Waals surface area contributed by atoms with Gasteiger partial charge in [-0.1, -0.05) is 53.8 Å². The van der Waals surface area contributed by atoms with Crippen molar-refractivity contribution >= 4 is 43.4 Å². The second-order valence-corrected chi connectivity index (χ2v) is 7.13. The average molecular weight is 378 g/mol. The number of methoxy groups -OCH3 is 2. The zero-order valence-electron chi connectivity index (χ0n) is 15.0. The largest absolute Gasteiger partial charge is 0.493 e. The van der Waals surface area contributed by atoms with Crippen LogP contribution in [0.1, 0.15) is 5.56 Å². The number of aromatic nitrogens is 1. The molecule has 3 aromatic carbocycles. The summed E-state index contributed by atoms with van der Waals surface area (Å²) in [6, 6.07) is 17.8. The molecule has 1 heterocycles. The molecule has 0 saturated carbocycles. The molecule has 0 aliphatic heterocycles. The van der Waals surface area contributed by atoms with Crippen molar-refractivity contribution in [1.82, 2.24) is 4.98 Å². The Morgan fingerprint density at radius 1 is 1.00 bits per heavy atom. The van der Waals surface area contributed by atoms with Gasteiger partial charge in [0, 0.05) is 12.1 Å². The molecule has 1 aromatic heterocycles. The lowest BCUT2D eigenvalue weighted by Crippen LogP contribution is -2.14. The van der Waals surface area contributed by atoms with Crippen LogP contribution in [-0.2, 0) is 11.2 Å². The van der Waals surface area contributed by atoms with Crippen LogP contribution in [0.2, 0.25) is 0 Å². The Bertz CT molecular complexity index is 1100. The number of thiazole rings is 1. The molecule has 0 radical (unpaired) electrons. The molecule has 0 aliphatic carbocycles. The predicted molar refractivity (Wildman–Crippen MR) is 109 cm³/mol. The van der Waals surface area contributed by atoms with Gasteiger partial charge in [0.1, 0.15) is 0 Å². The van der Waals surface area contributed by atoms with Gasteiger partial charge in [0.05, 0.1) is 30.9 Å². The van der Waals surface area contributed by atoms with E-state index in [1.807, 2.05) is 48.5 Å². The Balaban J connectivity index is 1.53. The molecule has 0 fully saturated rings. The van der Waals surface area contributed by atoms with Gasteiger partial charge in [-0.3, -0.25) is 4.79 Å². The van der Waals surface area contributed by atoms with Crippen LogP contribution in [0.25, 0.3) is 21.0 Å². The Labute approximate surface area is 160 Å². The molecule has 4 aromatic rings. The van der Waals surface area contributed by atoms with E-state index < -0.39 is 0 Å². The molecule has 136 valence electrons. The van der Waals surface area contributed by atoms with Gasteiger partial charge in [-0.15, -0.1) is 0 Å². The molecule has 0 aliphatic rings. The number of benzene rings is 3. The smallest absolute Gasteiger partial charge is 0.230 e. The molecule has 0 saturated heterocycles. The Morgan fingerprint density at radius 3 is 2.52 bits per heavy atom. The quantitative estimate of drug-likeness (QED) is 0.549. The first-order valence-electron chi connectivity index (χ1n) is 8.46. The van der Waals surface area contributed by atoms with Crippen LogP contribution in [0, 0.1) is 0 Å². The maximum Gasteiger partial charge on any atom is 0.230 e. The van der Waals surface area contributed by atoms with Gasteiger partial charge in [0.15, 0.2) is 16.6 Å². The van der Waals surface area contributed by atoms with Crippen LogP contribution in [0.5, 0.6) is 11.5 Å². The van der Waals surface area contributed by atoms with E-state index in [4.69, 9.17) is 9.47 Å². The van der Waals surface area contributed by atoms with Crippen LogP contribution in [0.15, 0.2) is 54.6 Å². The standard InChI is InChI=1S/C21H18N2O3S/c1-25-17-11-16-19(12-18(17)26-2)27-21(22-16)23-20(24)10-13-7-8-14-5-3-4-6-15(14)9-13/h3-9,11-12H,10H2,1-2H3,(H,22,23,24). The third-order valence-corrected chi connectivity index (χ3v) is 5.25. The number of hydrogen-bond acceptors (Lipinski definition) is 5. The fraction of sp³-hybridized carbons (Fsp3) is 0.143. The highest BCUT2D eigenvalue weighted by Gasteiger charge is 2.13. The first-order chi connectivity index (χ1) is 13.2. The van der Waals surface area contributed by atoms with Gasteiger partial charge in [-0.2, -0.15) is 0 Å². The maximum absolute atomic E-state index is 12.4. The van der Waals surface area contributed by atoms with Crippen molar-refractivity contribution in [3.63, 3.8) is 0 Å². The fourth-order valence-corrected chi connectivity index (χ4v) is 3.90. The Hall–Kier alpha value is -3.12. The SMILES string of the molecule is COc1cc2nc(NC(=O)Cc3ccc4ccccc4c3)sc2cc1OC. The van der Waals surface area contributed by atoms with E-state index in [9.17, 15) is 4.79 Å². The highest BCUT2D eigenvalue weighted by Crippen LogP contribution is 2.36. The van der Waals surface area contributed by atoms with E-state index in [1.54, 1.807) is 14.2 Å². The molecular weight excluding hydrogens is 360 g/mol. The third-order valence-electron chi connectivity index (χ3n) is 4.32. The normalized spacial score (nSPS) is 10.9. The van der Waals surface area contributed by atoms with E-state index in [2.05, 4.69) is 16.4 Å². The van der Waals surface area contributed by atoms with Crippen molar-refractivity contribution in [3.05, 3.63) is 60.2 Å². The number of rotatable bonds is 5. The Morgan fingerprint density at radius 2 is 1.74 bits per heavy atom. The van der Waals surface area contributed by atoms with Crippen molar-refractivity contribution in [1.29, 1.82) is 0 Å². The minimum atomic E-state index is -0.0942. The van der Waals surface area contributed by atoms with Crippen molar-refractivity contribution in [3.8, 4) is 11.5 Å². The second kappa shape index (κ2) is 7.25. The number of fused-ring (bicyclic) bond motifs is 2. The van der Waals surface area contributed by atoms with Crippen molar-refractivity contribution in [2.75, 3.05) is 19.5 Å². The van der Waals surface area contributed by atoms with Crippen molar-refractivity contribution in [2.24, 2.45) is 0 Å². The molecule has 0 bridgehead atoms. The van der Waals surface area contributed by atoms with Crippen molar-refractivity contribution < 1.29 is 14.3 Å². The lowest BCUT2D eigenvalue weighted by atomic mass is 10.1. The summed E-state index contributed by atoms with van der Waals surface area (Å²) < 4.78 is 11.5. The van der Waals surface area contributed by atoms with Crippen LogP contribution in [-0.4, -0.2) is 25.1 Å². The van der Waals surface area contributed by atoms with E-state index in [-0.39, 0.29) is 5.91 Å². The Kier molecular flexibility index (Phi) is 4.64. The van der Waals surface area contributed by atoms with Gasteiger partial charge in [0.2, 0.25) is 5.91 Å². The number of ether oxygens (including phenoxy) is 2. The van der Waals surface area contributed by atoms with E-state index >= 15 is 0 Å². The lowest BCUT2D eigenvalue weighted by Gasteiger charge is -2.05. The summed E-state index contributed by atoms with van der Waals surface area (Å²) in [5.74, 6) is 1.16. The number of carbonyl (C=O) groups is 1. The van der Waals surface area contributed by atoms with Gasteiger partial charge in [-0.05, 0) is 16.3 Å². The summed E-state index contributed by atoms with van der Waals surface area (Å²) in [4.78, 5) is 16.9. The number of nitrogens with one attached hydrogen (secondary N) is 1. The first kappa shape index (κ1) is 17.3. The zero-order chi connectivity index (χ0) is 18.8. The summed E-state index contributed by atoms with van der Waals surface area (Å²) >= 11 is 1.41. The van der Waals surface area contributed by atoms with Crippen LogP contribution >= 0.6 is 11.3 Å². The molecular formula is C21H18N2O3S. The van der Waals surface area contributed by atoms with Gasteiger partial charge in [-0.25, -0.2) is 4.98 Å². The highest BCUT2D eigenvalue weighted by molar-refractivity contribution is 7.22. The van der Waals surface area contributed by atoms with Gasteiger partial charge in [0.25, 0.3) is 0 Å². The third kappa shape index (κ3) is 3.57. The van der Waals surface area contributed by atoms with Gasteiger partial charge < -0.3 is 14.8 Å². The van der Waals surface area contributed by atoms with E-state index in [1.165, 1.54) is 11.3 Å². The minimum absolute atomic E-state index is 0.0942. The fourth-order valence-electron chi connectivity index (χ4n) is 3.01. The molecule has 1 amide bonds. The van der Waals surface area contributed by atoms with Crippen LogP contribution in [0.3, 0.4) is 0 Å². The monoisotopic (exact) mass is 378 g/mol. The summed E-state index contributed by atoms with van der Waals surface area (Å²) in [5, 5.41) is 5.74. The van der Waals surface area contributed by atoms with Gasteiger partial charge >= 0.3 is 0 Å². The summed E-state index contributed by atoms with van der Waals surface area (Å²) in [6.07, 6.45) is 0.299. The molecule has 4 rings (SSSR count). The van der Waals surface area contributed by atoms with Crippen LogP contribution < -0.4 is 14.8 Å². The maximum atomic E-state index is 12.4. The number of carbonyl (C=O) groups excluding carboxylic acids is 1. The molecule has 0 spiro atoms. The number of nitrogens with zero attached hydrogens (tertiary/aromatic N) is 1. The zero-order valence-corrected chi connectivity index (χ0v) is 15.8. The van der Waals surface area contributed by atoms with E-state index in [0.717, 1.165) is 26.6 Å². The first-order valence-corrected chi connectivity index (χ1v) is 9.28. The molecule has 6 heteroatoms. The van der Waals surface area contributed by atoms with E-state index in [0.29, 0.717) is 23.1 Å². The lowest BCUT2D eigenvalue weighted by molar-refractivity contribution is -0.115. The summed E-state index contributed by atoms with van der Waals surface area (Å²) in [6.45, 7) is 0. The van der Waals surface area contributed by atoms with Crippen LogP contribution in [0.4, 0.5) is 5.13 Å². The molecule has 1 N–H and O–H groups in total. The molecule has 5 nitrogen and oxygen atoms in total. The molecule has 0 unspecified atom stereocenters. The average Bonchev–Trinajstić information content (AvgIpc) is 3.07. The summed E-state index contributed by atoms with van der Waals surface area (Å²) in [7, 11) is 3.18.